The van der Waals surface area contributed by atoms with Crippen molar-refractivity contribution in [2.75, 3.05) is 11.5 Å². The van der Waals surface area contributed by atoms with E-state index in [1.807, 2.05) is 30.1 Å². The zero-order valence-electron chi connectivity index (χ0n) is 7.48. The molecule has 3 heteroatoms. The maximum atomic E-state index is 10.7. The lowest BCUT2D eigenvalue weighted by molar-refractivity contribution is 0.111. The van der Waals surface area contributed by atoms with E-state index in [9.17, 15) is 4.79 Å². The summed E-state index contributed by atoms with van der Waals surface area (Å²) in [6, 6.07) is 4.39. The highest BCUT2D eigenvalue weighted by molar-refractivity contribution is 7.99. The highest BCUT2D eigenvalue weighted by atomic mass is 32.2. The monoisotopic (exact) mass is 195 g/mol. The number of hydrogen-bond donors (Lipinski definition) is 0. The van der Waals surface area contributed by atoms with E-state index in [1.54, 1.807) is 0 Å². The number of carbonyl (C=O) groups excluding carboxylic acids is 1. The summed E-state index contributed by atoms with van der Waals surface area (Å²) in [6.07, 6.45) is 5.35. The minimum Gasteiger partial charge on any atom is -0.342 e. The molecule has 0 spiro atoms. The smallest absolute Gasteiger partial charge is 0.166 e. The summed E-state index contributed by atoms with van der Waals surface area (Å²) in [5, 5.41) is 0. The Hall–Kier alpha value is -0.700. The molecule has 0 radical (unpaired) electrons. The number of nitrogens with zero attached hydrogens (tertiary/aromatic N) is 1. The van der Waals surface area contributed by atoms with Crippen molar-refractivity contribution in [1.82, 2.24) is 4.57 Å². The lowest BCUT2D eigenvalue weighted by Crippen LogP contribution is -2.16. The Kier molecular flexibility index (Phi) is 2.74. The van der Waals surface area contributed by atoms with Gasteiger partial charge in [0, 0.05) is 12.2 Å². The van der Waals surface area contributed by atoms with Crippen molar-refractivity contribution < 1.29 is 4.79 Å². The second kappa shape index (κ2) is 4.01. The fourth-order valence-corrected chi connectivity index (χ4v) is 2.88. The Labute approximate surface area is 82.3 Å². The van der Waals surface area contributed by atoms with Crippen LogP contribution in [0, 0.1) is 0 Å². The quantitative estimate of drug-likeness (QED) is 0.676. The SMILES string of the molecule is O=Cc1cccn1C1CCSCC1. The Morgan fingerprint density at radius 1 is 1.46 bits per heavy atom. The highest BCUT2D eigenvalue weighted by Gasteiger charge is 2.16. The van der Waals surface area contributed by atoms with Crippen LogP contribution in [0.1, 0.15) is 29.4 Å². The van der Waals surface area contributed by atoms with E-state index >= 15 is 0 Å². The topological polar surface area (TPSA) is 22.0 Å². The van der Waals surface area contributed by atoms with E-state index in [2.05, 4.69) is 4.57 Å². The van der Waals surface area contributed by atoms with Crippen LogP contribution in [-0.2, 0) is 0 Å². The van der Waals surface area contributed by atoms with Gasteiger partial charge in [-0.05, 0) is 36.5 Å². The number of carbonyl (C=O) groups is 1. The van der Waals surface area contributed by atoms with Crippen molar-refractivity contribution in [3.63, 3.8) is 0 Å². The molecular weight excluding hydrogens is 182 g/mol. The van der Waals surface area contributed by atoms with Crippen LogP contribution in [0.5, 0.6) is 0 Å². The first-order valence-electron chi connectivity index (χ1n) is 4.61. The first-order valence-corrected chi connectivity index (χ1v) is 5.77. The van der Waals surface area contributed by atoms with E-state index < -0.39 is 0 Å². The third-order valence-electron chi connectivity index (χ3n) is 2.52. The molecule has 0 N–H and O–H groups in total. The summed E-state index contributed by atoms with van der Waals surface area (Å²) in [6.45, 7) is 0. The Morgan fingerprint density at radius 3 is 2.92 bits per heavy atom. The van der Waals surface area contributed by atoms with Gasteiger partial charge in [0.25, 0.3) is 0 Å². The van der Waals surface area contributed by atoms with Gasteiger partial charge in [-0.2, -0.15) is 11.8 Å². The van der Waals surface area contributed by atoms with Gasteiger partial charge < -0.3 is 4.57 Å². The minimum atomic E-state index is 0.552. The summed E-state index contributed by atoms with van der Waals surface area (Å²) >= 11 is 2.01. The van der Waals surface area contributed by atoms with Gasteiger partial charge in [-0.25, -0.2) is 0 Å². The predicted molar refractivity (Wildman–Crippen MR) is 55.4 cm³/mol. The van der Waals surface area contributed by atoms with Gasteiger partial charge in [-0.3, -0.25) is 4.79 Å². The third kappa shape index (κ3) is 1.80. The minimum absolute atomic E-state index is 0.552. The molecule has 0 bridgehead atoms. The molecule has 70 valence electrons. The van der Waals surface area contributed by atoms with E-state index in [0.29, 0.717) is 6.04 Å². The molecule has 1 aromatic rings. The van der Waals surface area contributed by atoms with Crippen LogP contribution >= 0.6 is 11.8 Å². The van der Waals surface area contributed by atoms with Crippen LogP contribution < -0.4 is 0 Å². The fourth-order valence-electron chi connectivity index (χ4n) is 1.80. The van der Waals surface area contributed by atoms with Crippen LogP contribution in [-0.4, -0.2) is 22.4 Å². The van der Waals surface area contributed by atoms with E-state index in [-0.39, 0.29) is 0 Å². The first kappa shape index (κ1) is 8.88. The lowest BCUT2D eigenvalue weighted by atomic mass is 10.1. The molecule has 1 saturated heterocycles. The van der Waals surface area contributed by atoms with Gasteiger partial charge in [-0.15, -0.1) is 0 Å². The molecule has 0 atom stereocenters. The van der Waals surface area contributed by atoms with Crippen LogP contribution in [0.4, 0.5) is 0 Å². The maximum Gasteiger partial charge on any atom is 0.166 e. The van der Waals surface area contributed by atoms with Gasteiger partial charge in [0.15, 0.2) is 6.29 Å². The molecule has 0 aromatic carbocycles. The lowest BCUT2D eigenvalue weighted by Gasteiger charge is -2.23. The molecule has 0 unspecified atom stereocenters. The van der Waals surface area contributed by atoms with Crippen molar-refractivity contribution in [3.05, 3.63) is 24.0 Å². The van der Waals surface area contributed by atoms with E-state index in [0.717, 1.165) is 12.0 Å². The van der Waals surface area contributed by atoms with Crippen LogP contribution in [0.2, 0.25) is 0 Å². The number of thioether (sulfide) groups is 1. The highest BCUT2D eigenvalue weighted by Crippen LogP contribution is 2.27. The zero-order chi connectivity index (χ0) is 9.10. The third-order valence-corrected chi connectivity index (χ3v) is 3.57. The van der Waals surface area contributed by atoms with Gasteiger partial charge in [0.05, 0.1) is 5.69 Å². The average Bonchev–Trinajstić information content (AvgIpc) is 2.67. The van der Waals surface area contributed by atoms with Gasteiger partial charge >= 0.3 is 0 Å². The summed E-state index contributed by atoms with van der Waals surface area (Å²) < 4.78 is 2.12. The van der Waals surface area contributed by atoms with Gasteiger partial charge in [0.2, 0.25) is 0 Å². The average molecular weight is 195 g/mol. The molecule has 0 saturated carbocycles. The van der Waals surface area contributed by atoms with Crippen LogP contribution in [0.25, 0.3) is 0 Å². The van der Waals surface area contributed by atoms with Crippen molar-refractivity contribution in [1.29, 1.82) is 0 Å². The van der Waals surface area contributed by atoms with E-state index in [4.69, 9.17) is 0 Å². The van der Waals surface area contributed by atoms with Crippen LogP contribution in [0.3, 0.4) is 0 Å². The van der Waals surface area contributed by atoms with Crippen molar-refractivity contribution in [3.8, 4) is 0 Å². The zero-order valence-corrected chi connectivity index (χ0v) is 8.30. The number of rotatable bonds is 2. The molecule has 2 nitrogen and oxygen atoms in total. The molecule has 1 aromatic heterocycles. The Morgan fingerprint density at radius 2 is 2.23 bits per heavy atom. The summed E-state index contributed by atoms with van der Waals surface area (Å²) in [4.78, 5) is 10.7. The van der Waals surface area contributed by atoms with Crippen LogP contribution in [0.15, 0.2) is 18.3 Å². The summed E-state index contributed by atoms with van der Waals surface area (Å²) in [7, 11) is 0. The molecule has 1 fully saturated rings. The largest absolute Gasteiger partial charge is 0.342 e. The van der Waals surface area contributed by atoms with Gasteiger partial charge in [-0.1, -0.05) is 0 Å². The molecule has 2 rings (SSSR count). The molecule has 1 aliphatic heterocycles. The second-order valence-corrected chi connectivity index (χ2v) is 4.53. The van der Waals surface area contributed by atoms with Crippen molar-refractivity contribution in [2.45, 2.75) is 18.9 Å². The normalized spacial score (nSPS) is 18.8. The molecule has 2 heterocycles. The summed E-state index contributed by atoms with van der Waals surface area (Å²) in [5.41, 5.74) is 0.817. The number of hydrogen-bond acceptors (Lipinski definition) is 2. The molecule has 0 aliphatic carbocycles. The maximum absolute atomic E-state index is 10.7. The van der Waals surface area contributed by atoms with Gasteiger partial charge in [0.1, 0.15) is 0 Å². The van der Waals surface area contributed by atoms with Crippen molar-refractivity contribution in [2.24, 2.45) is 0 Å². The fraction of sp³-hybridized carbons (Fsp3) is 0.500. The Bertz CT molecular complexity index is 289. The second-order valence-electron chi connectivity index (χ2n) is 3.30. The molecule has 0 amide bonds. The standard InChI is InChI=1S/C10H13NOS/c12-8-10-2-1-5-11(10)9-3-6-13-7-4-9/h1-2,5,8-9H,3-4,6-7H2. The Balaban J connectivity index is 2.17. The first-order chi connectivity index (χ1) is 6.42. The molecule has 13 heavy (non-hydrogen) atoms. The number of aromatic nitrogens is 1. The predicted octanol–water partition coefficient (Wildman–Crippen LogP) is 2.37. The molecular formula is C10H13NOS. The van der Waals surface area contributed by atoms with E-state index in [1.165, 1.54) is 24.3 Å². The van der Waals surface area contributed by atoms with Crippen molar-refractivity contribution >= 4 is 18.0 Å². The molecule has 1 aliphatic rings. The summed E-state index contributed by atoms with van der Waals surface area (Å²) in [5.74, 6) is 2.45. The number of aldehydes is 1.